The van der Waals surface area contributed by atoms with E-state index in [1.165, 1.54) is 0 Å². The molecule has 3 heteroatoms. The molecule has 0 amide bonds. The van der Waals surface area contributed by atoms with Gasteiger partial charge in [-0.05, 0) is 24.6 Å². The van der Waals surface area contributed by atoms with E-state index in [0.29, 0.717) is 6.54 Å². The summed E-state index contributed by atoms with van der Waals surface area (Å²) < 4.78 is 0. The van der Waals surface area contributed by atoms with Gasteiger partial charge in [-0.2, -0.15) is 0 Å². The van der Waals surface area contributed by atoms with Crippen LogP contribution in [0.3, 0.4) is 0 Å². The lowest BCUT2D eigenvalue weighted by Gasteiger charge is -2.23. The number of aliphatic hydroxyl groups excluding tert-OH is 1. The van der Waals surface area contributed by atoms with Crippen molar-refractivity contribution in [3.63, 3.8) is 0 Å². The fourth-order valence-corrected chi connectivity index (χ4v) is 1.48. The third-order valence-electron chi connectivity index (χ3n) is 2.10. The molecule has 78 valence electrons. The van der Waals surface area contributed by atoms with Gasteiger partial charge in [-0.25, -0.2) is 0 Å². The van der Waals surface area contributed by atoms with E-state index in [-0.39, 0.29) is 6.61 Å². The molecule has 1 aromatic carbocycles. The highest BCUT2D eigenvalue weighted by molar-refractivity contribution is 5.55. The molecule has 1 rings (SSSR count). The van der Waals surface area contributed by atoms with Crippen molar-refractivity contribution in [1.82, 2.24) is 0 Å². The quantitative estimate of drug-likeness (QED) is 0.698. The highest BCUT2D eigenvalue weighted by Crippen LogP contribution is 2.17. The number of nitrogen functional groups attached to an aromatic ring is 1. The Hall–Kier alpha value is -1.22. The summed E-state index contributed by atoms with van der Waals surface area (Å²) in [5.41, 5.74) is 7.55. The van der Waals surface area contributed by atoms with E-state index in [1.54, 1.807) is 0 Å². The summed E-state index contributed by atoms with van der Waals surface area (Å²) in [4.78, 5) is 2.14. The molecule has 14 heavy (non-hydrogen) atoms. The molecular formula is C11H18N2O. The minimum Gasteiger partial charge on any atom is -0.399 e. The van der Waals surface area contributed by atoms with Crippen molar-refractivity contribution < 1.29 is 5.11 Å². The molecule has 0 fully saturated rings. The van der Waals surface area contributed by atoms with Gasteiger partial charge in [-0.3, -0.25) is 0 Å². The summed E-state index contributed by atoms with van der Waals surface area (Å²) in [7, 11) is 0. The number of aliphatic hydroxyl groups is 1. The number of rotatable bonds is 5. The van der Waals surface area contributed by atoms with Gasteiger partial charge in [-0.1, -0.05) is 13.0 Å². The lowest BCUT2D eigenvalue weighted by molar-refractivity contribution is 0.302. The van der Waals surface area contributed by atoms with Crippen molar-refractivity contribution in [1.29, 1.82) is 0 Å². The van der Waals surface area contributed by atoms with Crippen molar-refractivity contribution in [3.05, 3.63) is 24.3 Å². The molecule has 0 aromatic heterocycles. The van der Waals surface area contributed by atoms with Crippen LogP contribution < -0.4 is 10.6 Å². The highest BCUT2D eigenvalue weighted by Gasteiger charge is 2.03. The second kappa shape index (κ2) is 5.50. The minimum absolute atomic E-state index is 0.175. The number of benzene rings is 1. The lowest BCUT2D eigenvalue weighted by atomic mass is 10.2. The molecule has 0 heterocycles. The molecule has 3 N–H and O–H groups in total. The fraction of sp³-hybridized carbons (Fsp3) is 0.455. The molecule has 0 unspecified atom stereocenters. The SMILES string of the molecule is CCCN(CCO)c1cccc(N)c1. The van der Waals surface area contributed by atoms with E-state index >= 15 is 0 Å². The first-order chi connectivity index (χ1) is 6.77. The van der Waals surface area contributed by atoms with Crippen LogP contribution in [0.1, 0.15) is 13.3 Å². The molecule has 0 aliphatic carbocycles. The van der Waals surface area contributed by atoms with Crippen molar-refractivity contribution in [2.75, 3.05) is 30.3 Å². The highest BCUT2D eigenvalue weighted by atomic mass is 16.3. The van der Waals surface area contributed by atoms with Gasteiger partial charge in [0.25, 0.3) is 0 Å². The van der Waals surface area contributed by atoms with E-state index in [2.05, 4.69) is 11.8 Å². The van der Waals surface area contributed by atoms with Crippen LogP contribution in [0.15, 0.2) is 24.3 Å². The summed E-state index contributed by atoms with van der Waals surface area (Å²) in [6.45, 7) is 3.91. The fourth-order valence-electron chi connectivity index (χ4n) is 1.48. The van der Waals surface area contributed by atoms with Gasteiger partial charge in [0.1, 0.15) is 0 Å². The smallest absolute Gasteiger partial charge is 0.0606 e. The van der Waals surface area contributed by atoms with Crippen molar-refractivity contribution >= 4 is 11.4 Å². The molecule has 3 nitrogen and oxygen atoms in total. The number of nitrogens with two attached hydrogens (primary N) is 1. The van der Waals surface area contributed by atoms with Crippen LogP contribution in [-0.4, -0.2) is 24.8 Å². The maximum absolute atomic E-state index is 8.92. The number of nitrogens with zero attached hydrogens (tertiary/aromatic N) is 1. The maximum atomic E-state index is 8.92. The summed E-state index contributed by atoms with van der Waals surface area (Å²) in [6.07, 6.45) is 1.06. The molecule has 0 radical (unpaired) electrons. The second-order valence-electron chi connectivity index (χ2n) is 3.31. The number of hydrogen-bond donors (Lipinski definition) is 2. The Morgan fingerprint density at radius 1 is 1.36 bits per heavy atom. The van der Waals surface area contributed by atoms with Crippen LogP contribution in [0.4, 0.5) is 11.4 Å². The first-order valence-electron chi connectivity index (χ1n) is 4.99. The third kappa shape index (κ3) is 2.92. The first kappa shape index (κ1) is 10.9. The van der Waals surface area contributed by atoms with Gasteiger partial charge in [0, 0.05) is 24.5 Å². The van der Waals surface area contributed by atoms with Crippen LogP contribution in [0.25, 0.3) is 0 Å². The standard InChI is InChI=1S/C11H18N2O/c1-2-6-13(7-8-14)11-5-3-4-10(12)9-11/h3-5,9,14H,2,6-8,12H2,1H3. The zero-order valence-electron chi connectivity index (χ0n) is 8.61. The topological polar surface area (TPSA) is 49.5 Å². The van der Waals surface area contributed by atoms with Crippen molar-refractivity contribution in [2.24, 2.45) is 0 Å². The summed E-state index contributed by atoms with van der Waals surface area (Å²) in [5, 5.41) is 8.92. The molecule has 0 aliphatic rings. The van der Waals surface area contributed by atoms with Crippen molar-refractivity contribution in [2.45, 2.75) is 13.3 Å². The predicted octanol–water partition coefficient (Wildman–Crippen LogP) is 1.48. The predicted molar refractivity (Wildman–Crippen MR) is 60.4 cm³/mol. The van der Waals surface area contributed by atoms with Gasteiger partial charge in [-0.15, -0.1) is 0 Å². The van der Waals surface area contributed by atoms with E-state index in [1.807, 2.05) is 24.3 Å². The van der Waals surface area contributed by atoms with E-state index < -0.39 is 0 Å². The zero-order valence-corrected chi connectivity index (χ0v) is 8.61. The van der Waals surface area contributed by atoms with Crippen LogP contribution in [0.2, 0.25) is 0 Å². The zero-order chi connectivity index (χ0) is 10.4. The molecule has 0 atom stereocenters. The average molecular weight is 194 g/mol. The summed E-state index contributed by atoms with van der Waals surface area (Å²) in [6, 6.07) is 7.75. The van der Waals surface area contributed by atoms with Gasteiger partial charge < -0.3 is 15.7 Å². The molecule has 0 saturated carbocycles. The summed E-state index contributed by atoms with van der Waals surface area (Å²) >= 11 is 0. The molecule has 0 bridgehead atoms. The van der Waals surface area contributed by atoms with Crippen molar-refractivity contribution in [3.8, 4) is 0 Å². The van der Waals surface area contributed by atoms with Gasteiger partial charge in [0.15, 0.2) is 0 Å². The molecule has 1 aromatic rings. The Morgan fingerprint density at radius 2 is 2.14 bits per heavy atom. The van der Waals surface area contributed by atoms with E-state index in [9.17, 15) is 0 Å². The van der Waals surface area contributed by atoms with Gasteiger partial charge in [0.2, 0.25) is 0 Å². The second-order valence-corrected chi connectivity index (χ2v) is 3.31. The first-order valence-corrected chi connectivity index (χ1v) is 4.99. The van der Waals surface area contributed by atoms with Gasteiger partial charge in [0.05, 0.1) is 6.61 Å². The van der Waals surface area contributed by atoms with Crippen LogP contribution in [0.5, 0.6) is 0 Å². The Labute approximate surface area is 85.2 Å². The molecular weight excluding hydrogens is 176 g/mol. The number of anilines is 2. The Kier molecular flexibility index (Phi) is 4.26. The van der Waals surface area contributed by atoms with E-state index in [0.717, 1.165) is 24.3 Å². The molecule has 0 aliphatic heterocycles. The molecule has 0 spiro atoms. The largest absolute Gasteiger partial charge is 0.399 e. The Morgan fingerprint density at radius 3 is 2.71 bits per heavy atom. The van der Waals surface area contributed by atoms with Crippen LogP contribution in [0, 0.1) is 0 Å². The third-order valence-corrected chi connectivity index (χ3v) is 2.10. The average Bonchev–Trinajstić information content (AvgIpc) is 2.17. The number of hydrogen-bond acceptors (Lipinski definition) is 3. The monoisotopic (exact) mass is 194 g/mol. The Bertz CT molecular complexity index is 270. The van der Waals surface area contributed by atoms with Crippen LogP contribution >= 0.6 is 0 Å². The molecule has 0 saturated heterocycles. The Balaban J connectivity index is 2.75. The van der Waals surface area contributed by atoms with E-state index in [4.69, 9.17) is 10.8 Å². The minimum atomic E-state index is 0.175. The van der Waals surface area contributed by atoms with Gasteiger partial charge >= 0.3 is 0 Å². The normalized spacial score (nSPS) is 10.1. The lowest BCUT2D eigenvalue weighted by Crippen LogP contribution is -2.27. The maximum Gasteiger partial charge on any atom is 0.0606 e. The summed E-state index contributed by atoms with van der Waals surface area (Å²) in [5.74, 6) is 0. The van der Waals surface area contributed by atoms with Crippen LogP contribution in [-0.2, 0) is 0 Å².